The van der Waals surface area contributed by atoms with Gasteiger partial charge in [-0.3, -0.25) is 9.78 Å². The predicted octanol–water partition coefficient (Wildman–Crippen LogP) is 0.775. The fourth-order valence-electron chi connectivity index (χ4n) is 1.40. The molecule has 2 N–H and O–H groups in total. The number of hydrogen-bond acceptors (Lipinski definition) is 7. The minimum Gasteiger partial charge on any atom is -0.383 e. The largest absolute Gasteiger partial charge is 0.383 e. The zero-order valence-electron chi connectivity index (χ0n) is 11.0. The second kappa shape index (κ2) is 7.51. The smallest absolute Gasteiger partial charge is 0.239 e. The molecule has 0 aliphatic heterocycles. The monoisotopic (exact) mass is 293 g/mol. The highest BCUT2D eigenvalue weighted by Gasteiger charge is 2.08. The number of pyridine rings is 1. The molecule has 0 unspecified atom stereocenters. The van der Waals surface area contributed by atoms with E-state index < -0.39 is 0 Å². The van der Waals surface area contributed by atoms with Crippen LogP contribution in [-0.2, 0) is 9.53 Å². The number of hydrogen-bond donors (Lipinski definition) is 2. The first-order valence-electron chi connectivity index (χ1n) is 6.04. The lowest BCUT2D eigenvalue weighted by Gasteiger charge is -2.04. The summed E-state index contributed by atoms with van der Waals surface area (Å²) in [4.78, 5) is 15.7. The molecule has 0 fully saturated rings. The Bertz CT molecular complexity index is 546. The molecule has 20 heavy (non-hydrogen) atoms. The van der Waals surface area contributed by atoms with E-state index in [0.717, 1.165) is 5.69 Å². The fraction of sp³-hybridized carbons (Fsp3) is 0.333. The van der Waals surface area contributed by atoms with Gasteiger partial charge in [0.1, 0.15) is 5.69 Å². The van der Waals surface area contributed by atoms with Gasteiger partial charge in [-0.05, 0) is 12.1 Å². The molecule has 0 bridgehead atoms. The van der Waals surface area contributed by atoms with E-state index in [9.17, 15) is 4.79 Å². The number of ether oxygens (including phenoxy) is 1. The van der Waals surface area contributed by atoms with Gasteiger partial charge < -0.3 is 15.4 Å². The van der Waals surface area contributed by atoms with Crippen molar-refractivity contribution in [3.05, 3.63) is 24.4 Å². The summed E-state index contributed by atoms with van der Waals surface area (Å²) in [5, 5.41) is 14.9. The average Bonchev–Trinajstić information content (AvgIpc) is 2.95. The first-order chi connectivity index (χ1) is 9.79. The van der Waals surface area contributed by atoms with Crippen molar-refractivity contribution in [2.45, 2.75) is 0 Å². The number of nitrogens with one attached hydrogen (secondary N) is 2. The van der Waals surface area contributed by atoms with Crippen LogP contribution in [0.5, 0.6) is 0 Å². The minimum atomic E-state index is -0.114. The summed E-state index contributed by atoms with van der Waals surface area (Å²) in [5.74, 6) is -0.114. The molecule has 2 rings (SSSR count). The van der Waals surface area contributed by atoms with E-state index in [2.05, 4.69) is 25.8 Å². The number of amides is 1. The Labute approximate surface area is 120 Å². The summed E-state index contributed by atoms with van der Waals surface area (Å²) >= 11 is 1.36. The summed E-state index contributed by atoms with van der Waals surface area (Å²) in [7, 11) is 1.59. The van der Waals surface area contributed by atoms with Crippen molar-refractivity contribution in [1.82, 2.24) is 20.5 Å². The molecule has 0 radical (unpaired) electrons. The van der Waals surface area contributed by atoms with Crippen LogP contribution >= 0.6 is 11.3 Å². The molecule has 106 valence electrons. The number of anilines is 1. The fourth-order valence-corrected chi connectivity index (χ4v) is 2.11. The number of rotatable bonds is 7. The second-order valence-electron chi connectivity index (χ2n) is 3.82. The van der Waals surface area contributed by atoms with Gasteiger partial charge in [-0.25, -0.2) is 0 Å². The number of methoxy groups -OCH3 is 1. The van der Waals surface area contributed by atoms with Gasteiger partial charge in [0.05, 0.1) is 13.2 Å². The van der Waals surface area contributed by atoms with Crippen molar-refractivity contribution in [3.8, 4) is 10.7 Å². The van der Waals surface area contributed by atoms with Crippen LogP contribution in [-0.4, -0.2) is 47.9 Å². The van der Waals surface area contributed by atoms with E-state index in [4.69, 9.17) is 4.74 Å². The number of carbonyl (C=O) groups excluding carboxylic acids is 1. The van der Waals surface area contributed by atoms with E-state index in [-0.39, 0.29) is 12.5 Å². The second-order valence-corrected chi connectivity index (χ2v) is 4.80. The zero-order valence-corrected chi connectivity index (χ0v) is 11.8. The average molecular weight is 293 g/mol. The van der Waals surface area contributed by atoms with Crippen LogP contribution in [0.4, 0.5) is 5.13 Å². The van der Waals surface area contributed by atoms with Gasteiger partial charge in [0, 0.05) is 19.9 Å². The lowest BCUT2D eigenvalue weighted by Crippen LogP contribution is -2.32. The highest BCUT2D eigenvalue weighted by atomic mass is 32.1. The molecule has 0 atom stereocenters. The SMILES string of the molecule is COCCNC(=O)CNc1nnc(-c2ccccn2)s1. The van der Waals surface area contributed by atoms with Crippen LogP contribution in [0.25, 0.3) is 10.7 Å². The Hall–Kier alpha value is -2.06. The molecule has 7 nitrogen and oxygen atoms in total. The van der Waals surface area contributed by atoms with Gasteiger partial charge in [-0.15, -0.1) is 10.2 Å². The van der Waals surface area contributed by atoms with Crippen molar-refractivity contribution in [2.24, 2.45) is 0 Å². The van der Waals surface area contributed by atoms with Crippen molar-refractivity contribution < 1.29 is 9.53 Å². The van der Waals surface area contributed by atoms with E-state index in [1.165, 1.54) is 11.3 Å². The lowest BCUT2D eigenvalue weighted by molar-refractivity contribution is -0.119. The molecule has 0 aliphatic carbocycles. The molecule has 2 heterocycles. The molecule has 0 aliphatic rings. The van der Waals surface area contributed by atoms with Gasteiger partial charge in [0.2, 0.25) is 11.0 Å². The molecular weight excluding hydrogens is 278 g/mol. The normalized spacial score (nSPS) is 10.2. The van der Waals surface area contributed by atoms with Crippen molar-refractivity contribution in [2.75, 3.05) is 32.1 Å². The highest BCUT2D eigenvalue weighted by molar-refractivity contribution is 7.18. The minimum absolute atomic E-state index is 0.114. The summed E-state index contributed by atoms with van der Waals surface area (Å²) in [5.41, 5.74) is 0.766. The van der Waals surface area contributed by atoms with Gasteiger partial charge in [0.25, 0.3) is 0 Å². The Kier molecular flexibility index (Phi) is 5.39. The van der Waals surface area contributed by atoms with E-state index in [1.54, 1.807) is 13.3 Å². The van der Waals surface area contributed by atoms with Gasteiger partial charge in [0.15, 0.2) is 5.01 Å². The third-order valence-corrected chi connectivity index (χ3v) is 3.24. The third-order valence-electron chi connectivity index (χ3n) is 2.34. The quantitative estimate of drug-likeness (QED) is 0.733. The summed E-state index contributed by atoms with van der Waals surface area (Å²) in [6.45, 7) is 1.14. The van der Waals surface area contributed by atoms with Gasteiger partial charge in [-0.2, -0.15) is 0 Å². The van der Waals surface area contributed by atoms with Gasteiger partial charge >= 0.3 is 0 Å². The topological polar surface area (TPSA) is 89.0 Å². The lowest BCUT2D eigenvalue weighted by atomic mass is 10.4. The van der Waals surface area contributed by atoms with E-state index >= 15 is 0 Å². The number of aromatic nitrogens is 3. The maximum atomic E-state index is 11.5. The molecule has 0 aromatic carbocycles. The standard InChI is InChI=1S/C12H15N5O2S/c1-19-7-6-14-10(18)8-15-12-17-16-11(20-12)9-4-2-3-5-13-9/h2-5H,6-8H2,1H3,(H,14,18)(H,15,17). The highest BCUT2D eigenvalue weighted by Crippen LogP contribution is 2.23. The molecule has 2 aromatic rings. The Morgan fingerprint density at radius 2 is 2.30 bits per heavy atom. The Morgan fingerprint density at radius 3 is 3.05 bits per heavy atom. The first kappa shape index (κ1) is 14.4. The molecule has 0 spiro atoms. The maximum absolute atomic E-state index is 11.5. The number of carbonyl (C=O) groups is 1. The predicted molar refractivity (Wildman–Crippen MR) is 76.5 cm³/mol. The molecule has 2 aromatic heterocycles. The maximum Gasteiger partial charge on any atom is 0.239 e. The van der Waals surface area contributed by atoms with Crippen molar-refractivity contribution >= 4 is 22.4 Å². The third kappa shape index (κ3) is 4.25. The van der Waals surface area contributed by atoms with Crippen LogP contribution in [0.1, 0.15) is 0 Å². The molecule has 1 amide bonds. The Balaban J connectivity index is 1.83. The van der Waals surface area contributed by atoms with Crippen molar-refractivity contribution in [3.63, 3.8) is 0 Å². The Morgan fingerprint density at radius 1 is 1.40 bits per heavy atom. The van der Waals surface area contributed by atoms with Gasteiger partial charge in [-0.1, -0.05) is 17.4 Å². The summed E-state index contributed by atoms with van der Waals surface area (Å²) in [6, 6.07) is 5.59. The van der Waals surface area contributed by atoms with Crippen LogP contribution in [0, 0.1) is 0 Å². The van der Waals surface area contributed by atoms with Crippen molar-refractivity contribution in [1.29, 1.82) is 0 Å². The van der Waals surface area contributed by atoms with Crippen LogP contribution in [0.15, 0.2) is 24.4 Å². The van der Waals surface area contributed by atoms with Crippen LogP contribution in [0.2, 0.25) is 0 Å². The molecule has 8 heteroatoms. The summed E-state index contributed by atoms with van der Waals surface area (Å²) in [6.07, 6.45) is 1.70. The zero-order chi connectivity index (χ0) is 14.2. The molecule has 0 saturated carbocycles. The van der Waals surface area contributed by atoms with Crippen LogP contribution in [0.3, 0.4) is 0 Å². The van der Waals surface area contributed by atoms with E-state index in [1.807, 2.05) is 18.2 Å². The number of nitrogens with zero attached hydrogens (tertiary/aromatic N) is 3. The summed E-state index contributed by atoms with van der Waals surface area (Å²) < 4.78 is 4.84. The van der Waals surface area contributed by atoms with E-state index in [0.29, 0.717) is 23.3 Å². The molecular formula is C12H15N5O2S. The van der Waals surface area contributed by atoms with Crippen LogP contribution < -0.4 is 10.6 Å². The molecule has 0 saturated heterocycles. The first-order valence-corrected chi connectivity index (χ1v) is 6.85.